The van der Waals surface area contributed by atoms with Gasteiger partial charge in [-0.05, 0) is 54.4 Å². The van der Waals surface area contributed by atoms with Crippen LogP contribution in [0.1, 0.15) is 55.3 Å². The first kappa shape index (κ1) is 37.7. The number of non-ortho nitro benzene ring substituents is 1. The number of carbonyl (C=O) groups is 4. The standard InChI is InChI=1S/C36H31N7O6.CH4O3S/c1-20(41-33(44)27-7-3-5-22-11-24(25-17-39-19-40-18-25)13-29(31(22)27)35(41)46)15-37-9-10-38-16-21(2)42-34(45)28-8-4-6-23-12-26(43(48)49)14-30(32(23)28)36(42)47;1-5(2,3)4/h3-8,11-14,17-21,37-38H,9-10,15-16H2,1-2H3;1H3,(H,2,3,4)/t20-,21-;/m1./s1. The second kappa shape index (κ2) is 15.2. The molecule has 16 nitrogen and oxygen atoms in total. The molecular formula is C37H35N7O9S. The molecule has 0 radical (unpaired) electrons. The van der Waals surface area contributed by atoms with E-state index < -0.39 is 38.9 Å². The number of hydrogen-bond donors (Lipinski definition) is 3. The summed E-state index contributed by atoms with van der Waals surface area (Å²) in [7, 11) is -3.67. The molecule has 0 unspecified atom stereocenters. The number of nitrogens with one attached hydrogen (secondary N) is 2. The highest BCUT2D eigenvalue weighted by molar-refractivity contribution is 7.85. The first-order valence-electron chi connectivity index (χ1n) is 16.8. The maximum atomic E-state index is 13.8. The molecule has 0 aliphatic carbocycles. The maximum absolute atomic E-state index is 13.8. The second-order valence-corrected chi connectivity index (χ2v) is 14.5. The lowest BCUT2D eigenvalue weighted by Crippen LogP contribution is -2.51. The summed E-state index contributed by atoms with van der Waals surface area (Å²) in [4.78, 5) is 75.7. The van der Waals surface area contributed by atoms with Gasteiger partial charge in [0.2, 0.25) is 0 Å². The number of rotatable bonds is 11. The molecule has 0 bridgehead atoms. The molecule has 0 spiro atoms. The normalized spacial score (nSPS) is 15.0. The fourth-order valence-corrected chi connectivity index (χ4v) is 6.74. The van der Waals surface area contributed by atoms with Crippen molar-refractivity contribution in [3.05, 3.63) is 112 Å². The van der Waals surface area contributed by atoms with E-state index in [0.29, 0.717) is 58.7 Å². The molecule has 17 heteroatoms. The topological polar surface area (TPSA) is 222 Å². The summed E-state index contributed by atoms with van der Waals surface area (Å²) < 4.78 is 25.9. The molecule has 7 rings (SSSR count). The molecule has 0 saturated heterocycles. The molecule has 3 N–H and O–H groups in total. The lowest BCUT2D eigenvalue weighted by atomic mass is 9.90. The number of nitrogens with zero attached hydrogens (tertiary/aromatic N) is 5. The van der Waals surface area contributed by atoms with E-state index in [9.17, 15) is 37.7 Å². The summed E-state index contributed by atoms with van der Waals surface area (Å²) in [6.45, 7) is 5.13. The average Bonchev–Trinajstić information content (AvgIpc) is 3.13. The second-order valence-electron chi connectivity index (χ2n) is 13.0. The number of nitro benzene ring substituents is 1. The van der Waals surface area contributed by atoms with Gasteiger partial charge in [-0.3, -0.25) is 43.6 Å². The number of nitro groups is 1. The molecule has 2 aliphatic heterocycles. The van der Waals surface area contributed by atoms with Crippen molar-refractivity contribution in [2.45, 2.75) is 25.9 Å². The van der Waals surface area contributed by atoms with Crippen molar-refractivity contribution in [1.82, 2.24) is 30.4 Å². The van der Waals surface area contributed by atoms with E-state index in [4.69, 9.17) is 4.55 Å². The van der Waals surface area contributed by atoms with Gasteiger partial charge in [-0.2, -0.15) is 8.42 Å². The molecule has 278 valence electrons. The number of hydrogen-bond acceptors (Lipinski definition) is 12. The molecule has 3 heterocycles. The summed E-state index contributed by atoms with van der Waals surface area (Å²) in [6, 6.07) is 15.7. The van der Waals surface area contributed by atoms with Gasteiger partial charge in [-0.1, -0.05) is 24.3 Å². The van der Waals surface area contributed by atoms with Crippen LogP contribution in [0.3, 0.4) is 0 Å². The predicted molar refractivity (Wildman–Crippen MR) is 199 cm³/mol. The minimum Gasteiger partial charge on any atom is -0.313 e. The van der Waals surface area contributed by atoms with Crippen LogP contribution < -0.4 is 10.6 Å². The molecule has 4 amide bonds. The molecule has 54 heavy (non-hydrogen) atoms. The Kier molecular flexibility index (Phi) is 10.6. The smallest absolute Gasteiger partial charge is 0.270 e. The summed E-state index contributed by atoms with van der Waals surface area (Å²) in [5.41, 5.74) is 2.71. The molecule has 2 aliphatic rings. The van der Waals surface area contributed by atoms with Crippen LogP contribution in [0.5, 0.6) is 0 Å². The molecular weight excluding hydrogens is 719 g/mol. The Morgan fingerprint density at radius 2 is 1.17 bits per heavy atom. The van der Waals surface area contributed by atoms with Gasteiger partial charge in [-0.15, -0.1) is 0 Å². The van der Waals surface area contributed by atoms with E-state index in [0.717, 1.165) is 21.4 Å². The van der Waals surface area contributed by atoms with Crippen molar-refractivity contribution in [2.24, 2.45) is 0 Å². The third-order valence-electron chi connectivity index (χ3n) is 9.08. The van der Waals surface area contributed by atoms with Crippen molar-refractivity contribution < 1.29 is 37.1 Å². The zero-order valence-corrected chi connectivity index (χ0v) is 30.2. The molecule has 2 atom stereocenters. The fourth-order valence-electron chi connectivity index (χ4n) is 6.74. The van der Waals surface area contributed by atoms with Crippen LogP contribution in [0.25, 0.3) is 32.7 Å². The van der Waals surface area contributed by atoms with Crippen LogP contribution in [-0.4, -0.2) is 106 Å². The number of carbonyl (C=O) groups excluding carboxylic acids is 4. The van der Waals surface area contributed by atoms with Gasteiger partial charge in [-0.25, -0.2) is 9.97 Å². The Morgan fingerprint density at radius 3 is 1.65 bits per heavy atom. The Bertz CT molecular complexity index is 2450. The highest BCUT2D eigenvalue weighted by Gasteiger charge is 2.38. The van der Waals surface area contributed by atoms with Crippen molar-refractivity contribution in [1.29, 1.82) is 0 Å². The van der Waals surface area contributed by atoms with Gasteiger partial charge >= 0.3 is 0 Å². The third-order valence-corrected chi connectivity index (χ3v) is 9.08. The highest BCUT2D eigenvalue weighted by Crippen LogP contribution is 2.36. The van der Waals surface area contributed by atoms with E-state index in [2.05, 4.69) is 20.6 Å². The minimum absolute atomic E-state index is 0.132. The van der Waals surface area contributed by atoms with Crippen molar-refractivity contribution in [3.63, 3.8) is 0 Å². The quantitative estimate of drug-likeness (QED) is 0.0576. The SMILES string of the molecule is CS(=O)(=O)O.C[C@H](CNCCNC[C@@H](C)N1C(=O)c2cccc3cc([N+](=O)[O-])cc(c23)C1=O)N1C(=O)c2cccc3cc(-c4cncnc4)cc(c23)C1=O. The third kappa shape index (κ3) is 7.56. The van der Waals surface area contributed by atoms with Crippen molar-refractivity contribution in [3.8, 4) is 11.1 Å². The zero-order chi connectivity index (χ0) is 38.9. The van der Waals surface area contributed by atoms with Gasteiger partial charge in [0.25, 0.3) is 39.4 Å². The van der Waals surface area contributed by atoms with E-state index in [1.807, 2.05) is 25.1 Å². The van der Waals surface area contributed by atoms with E-state index >= 15 is 0 Å². The van der Waals surface area contributed by atoms with Crippen LogP contribution in [0.15, 0.2) is 79.4 Å². The number of imide groups is 2. The Balaban J connectivity index is 0.000000934. The summed E-state index contributed by atoms with van der Waals surface area (Å²) in [6.07, 6.45) is 5.51. The van der Waals surface area contributed by atoms with Crippen LogP contribution in [0, 0.1) is 10.1 Å². The first-order valence-corrected chi connectivity index (χ1v) is 18.6. The molecule has 0 fully saturated rings. The van der Waals surface area contributed by atoms with Crippen LogP contribution in [0.4, 0.5) is 5.69 Å². The van der Waals surface area contributed by atoms with Crippen LogP contribution in [-0.2, 0) is 10.1 Å². The Labute approximate surface area is 309 Å². The van der Waals surface area contributed by atoms with Crippen LogP contribution in [0.2, 0.25) is 0 Å². The van der Waals surface area contributed by atoms with E-state index in [-0.39, 0.29) is 29.6 Å². The van der Waals surface area contributed by atoms with Crippen molar-refractivity contribution >= 4 is 61.0 Å². The largest absolute Gasteiger partial charge is 0.313 e. The Hall–Kier alpha value is -6.01. The highest BCUT2D eigenvalue weighted by atomic mass is 32.2. The first-order chi connectivity index (χ1) is 25.7. The number of benzene rings is 4. The van der Waals surface area contributed by atoms with Gasteiger partial charge < -0.3 is 10.6 Å². The van der Waals surface area contributed by atoms with Gasteiger partial charge in [0.15, 0.2) is 0 Å². The molecule has 4 aromatic carbocycles. The molecule has 5 aromatic rings. The summed E-state index contributed by atoms with van der Waals surface area (Å²) >= 11 is 0. The monoisotopic (exact) mass is 753 g/mol. The summed E-state index contributed by atoms with van der Waals surface area (Å²) in [5, 5.41) is 20.4. The zero-order valence-electron chi connectivity index (χ0n) is 29.3. The summed E-state index contributed by atoms with van der Waals surface area (Å²) in [5.74, 6) is -1.74. The lowest BCUT2D eigenvalue weighted by molar-refractivity contribution is -0.384. The average molecular weight is 754 g/mol. The van der Waals surface area contributed by atoms with Gasteiger partial charge in [0.05, 0.1) is 16.7 Å². The fraction of sp³-hybridized carbons (Fsp3) is 0.243. The minimum atomic E-state index is -3.67. The number of aromatic nitrogens is 2. The maximum Gasteiger partial charge on any atom is 0.270 e. The van der Waals surface area contributed by atoms with Gasteiger partial charge in [0.1, 0.15) is 6.33 Å². The van der Waals surface area contributed by atoms with E-state index in [1.54, 1.807) is 49.6 Å². The van der Waals surface area contributed by atoms with Crippen molar-refractivity contribution in [2.75, 3.05) is 32.4 Å². The predicted octanol–water partition coefficient (Wildman–Crippen LogP) is 3.71. The van der Waals surface area contributed by atoms with E-state index in [1.165, 1.54) is 23.4 Å². The number of amides is 4. The van der Waals surface area contributed by atoms with Gasteiger partial charge in [0, 0.05) is 95.8 Å². The molecule has 1 aromatic heterocycles. The van der Waals surface area contributed by atoms with Crippen LogP contribution >= 0.6 is 0 Å². The molecule has 0 saturated carbocycles. The Morgan fingerprint density at radius 1 is 0.722 bits per heavy atom. The lowest BCUT2D eigenvalue weighted by Gasteiger charge is -2.32.